The van der Waals surface area contributed by atoms with Gasteiger partial charge in [-0.2, -0.15) is 4.31 Å². The smallest absolute Gasteiger partial charge is 0.271 e. The number of piperazine rings is 1. The van der Waals surface area contributed by atoms with Crippen LogP contribution in [0, 0.1) is 24.0 Å². The molecule has 28 heavy (non-hydrogen) atoms. The zero-order valence-electron chi connectivity index (χ0n) is 16.1. The second-order valence-corrected chi connectivity index (χ2v) is 8.70. The molecule has 0 atom stereocenters. The summed E-state index contributed by atoms with van der Waals surface area (Å²) in [6.45, 7) is 5.21. The maximum Gasteiger partial charge on any atom is 0.271 e. The summed E-state index contributed by atoms with van der Waals surface area (Å²) in [5.74, 6) is 0.689. The summed E-state index contributed by atoms with van der Waals surface area (Å²) < 4.78 is 32.9. The minimum atomic E-state index is -3.62. The van der Waals surface area contributed by atoms with Crippen molar-refractivity contribution in [2.75, 3.05) is 38.2 Å². The highest BCUT2D eigenvalue weighted by atomic mass is 32.2. The third kappa shape index (κ3) is 3.81. The number of rotatable bonds is 5. The first-order chi connectivity index (χ1) is 13.2. The average molecular weight is 405 g/mol. The number of nitrogens with zero attached hydrogens (tertiary/aromatic N) is 3. The number of anilines is 1. The molecule has 1 heterocycles. The molecule has 0 saturated carbocycles. The quantitative estimate of drug-likeness (QED) is 0.561. The Bertz CT molecular complexity index is 975. The zero-order chi connectivity index (χ0) is 20.5. The number of benzene rings is 2. The standard InChI is InChI=1S/C19H23N3O5S/c1-14-11-18(12-15(2)19(14)27-3)28(25,26)21-9-7-20(8-10-21)16-5-4-6-17(13-16)22(23)24/h4-6,11-13H,7-10H2,1-3H3. The van der Waals surface area contributed by atoms with Crippen LogP contribution in [0.2, 0.25) is 0 Å². The monoisotopic (exact) mass is 405 g/mol. The van der Waals surface area contributed by atoms with Crippen molar-refractivity contribution in [1.29, 1.82) is 0 Å². The summed E-state index contributed by atoms with van der Waals surface area (Å²) in [5.41, 5.74) is 2.30. The maximum absolute atomic E-state index is 13.1. The topological polar surface area (TPSA) is 93.0 Å². The Hall–Kier alpha value is -2.65. The van der Waals surface area contributed by atoms with E-state index in [1.165, 1.54) is 16.4 Å². The first-order valence-electron chi connectivity index (χ1n) is 8.89. The number of sulfonamides is 1. The number of hydrogen-bond donors (Lipinski definition) is 0. The lowest BCUT2D eigenvalue weighted by atomic mass is 10.1. The van der Waals surface area contributed by atoms with Crippen LogP contribution in [0.4, 0.5) is 11.4 Å². The number of hydrogen-bond acceptors (Lipinski definition) is 6. The van der Waals surface area contributed by atoms with E-state index in [4.69, 9.17) is 4.74 Å². The highest BCUT2D eigenvalue weighted by molar-refractivity contribution is 7.89. The van der Waals surface area contributed by atoms with Gasteiger partial charge in [-0.25, -0.2) is 8.42 Å². The molecule has 0 radical (unpaired) electrons. The molecule has 0 aliphatic carbocycles. The Kier molecular flexibility index (Phi) is 5.57. The van der Waals surface area contributed by atoms with Crippen molar-refractivity contribution in [2.45, 2.75) is 18.7 Å². The lowest BCUT2D eigenvalue weighted by Gasteiger charge is -2.35. The van der Waals surface area contributed by atoms with Crippen molar-refractivity contribution in [3.8, 4) is 5.75 Å². The predicted octanol–water partition coefficient (Wildman–Crippen LogP) is 2.73. The van der Waals surface area contributed by atoms with Crippen molar-refractivity contribution in [1.82, 2.24) is 4.31 Å². The molecule has 0 aromatic heterocycles. The zero-order valence-corrected chi connectivity index (χ0v) is 16.9. The largest absolute Gasteiger partial charge is 0.496 e. The van der Waals surface area contributed by atoms with Gasteiger partial charge in [0.25, 0.3) is 5.69 Å². The minimum absolute atomic E-state index is 0.0248. The number of nitro benzene ring substituents is 1. The number of nitro groups is 1. The molecule has 2 aromatic carbocycles. The van der Waals surface area contributed by atoms with Crippen LogP contribution in [0.5, 0.6) is 5.75 Å². The molecule has 0 bridgehead atoms. The summed E-state index contributed by atoms with van der Waals surface area (Å²) in [5, 5.41) is 11.0. The molecule has 150 valence electrons. The Labute approximate surface area is 164 Å². The highest BCUT2D eigenvalue weighted by Gasteiger charge is 2.29. The maximum atomic E-state index is 13.1. The van der Waals surface area contributed by atoms with Crippen LogP contribution >= 0.6 is 0 Å². The lowest BCUT2D eigenvalue weighted by Crippen LogP contribution is -2.48. The second kappa shape index (κ2) is 7.76. The molecular weight excluding hydrogens is 382 g/mol. The van der Waals surface area contributed by atoms with E-state index in [9.17, 15) is 18.5 Å². The third-order valence-electron chi connectivity index (χ3n) is 4.92. The van der Waals surface area contributed by atoms with Crippen molar-refractivity contribution in [3.05, 3.63) is 57.6 Å². The van der Waals surface area contributed by atoms with E-state index in [1.807, 2.05) is 18.7 Å². The van der Waals surface area contributed by atoms with Gasteiger partial charge in [0, 0.05) is 44.0 Å². The van der Waals surface area contributed by atoms with Crippen LogP contribution in [0.3, 0.4) is 0 Å². The molecule has 3 rings (SSSR count). The van der Waals surface area contributed by atoms with Gasteiger partial charge in [0.05, 0.1) is 16.9 Å². The fourth-order valence-electron chi connectivity index (χ4n) is 3.52. The van der Waals surface area contributed by atoms with Crippen LogP contribution in [0.1, 0.15) is 11.1 Å². The fourth-order valence-corrected chi connectivity index (χ4v) is 5.11. The summed E-state index contributed by atoms with van der Waals surface area (Å²) in [7, 11) is -2.05. The van der Waals surface area contributed by atoms with Gasteiger partial charge < -0.3 is 9.64 Å². The third-order valence-corrected chi connectivity index (χ3v) is 6.80. The van der Waals surface area contributed by atoms with Gasteiger partial charge in [-0.1, -0.05) is 6.07 Å². The van der Waals surface area contributed by atoms with E-state index in [2.05, 4.69) is 0 Å². The summed E-state index contributed by atoms with van der Waals surface area (Å²) in [6, 6.07) is 9.66. The Morgan fingerprint density at radius 2 is 1.64 bits per heavy atom. The predicted molar refractivity (Wildman–Crippen MR) is 107 cm³/mol. The van der Waals surface area contributed by atoms with Crippen molar-refractivity contribution in [3.63, 3.8) is 0 Å². The highest BCUT2D eigenvalue weighted by Crippen LogP contribution is 2.29. The van der Waals surface area contributed by atoms with Crippen molar-refractivity contribution < 1.29 is 18.1 Å². The Morgan fingerprint density at radius 3 is 2.18 bits per heavy atom. The molecule has 0 N–H and O–H groups in total. The van der Waals surface area contributed by atoms with E-state index >= 15 is 0 Å². The van der Waals surface area contributed by atoms with Crippen molar-refractivity contribution in [2.24, 2.45) is 0 Å². The number of methoxy groups -OCH3 is 1. The molecule has 1 aliphatic heterocycles. The van der Waals surface area contributed by atoms with E-state index in [1.54, 1.807) is 31.4 Å². The Morgan fingerprint density at radius 1 is 1.04 bits per heavy atom. The van der Waals surface area contributed by atoms with Crippen LogP contribution in [-0.2, 0) is 10.0 Å². The van der Waals surface area contributed by atoms with Gasteiger partial charge in [-0.05, 0) is 43.2 Å². The number of ether oxygens (including phenoxy) is 1. The molecule has 1 aliphatic rings. The molecular formula is C19H23N3O5S. The normalized spacial score (nSPS) is 15.5. The minimum Gasteiger partial charge on any atom is -0.496 e. The second-order valence-electron chi connectivity index (χ2n) is 6.76. The summed E-state index contributed by atoms with van der Waals surface area (Å²) in [4.78, 5) is 12.8. The first kappa shape index (κ1) is 20.1. The summed E-state index contributed by atoms with van der Waals surface area (Å²) >= 11 is 0. The number of aryl methyl sites for hydroxylation is 2. The first-order valence-corrected chi connectivity index (χ1v) is 10.3. The van der Waals surface area contributed by atoms with Gasteiger partial charge in [0.1, 0.15) is 5.75 Å². The fraction of sp³-hybridized carbons (Fsp3) is 0.368. The Balaban J connectivity index is 1.77. The van der Waals surface area contributed by atoms with E-state index in [-0.39, 0.29) is 10.6 Å². The molecule has 1 fully saturated rings. The molecule has 2 aromatic rings. The van der Waals surface area contributed by atoms with Crippen molar-refractivity contribution >= 4 is 21.4 Å². The molecule has 0 spiro atoms. The van der Waals surface area contributed by atoms with Crippen LogP contribution in [0.25, 0.3) is 0 Å². The summed E-state index contributed by atoms with van der Waals surface area (Å²) in [6.07, 6.45) is 0. The van der Waals surface area contributed by atoms with E-state index < -0.39 is 14.9 Å². The SMILES string of the molecule is COc1c(C)cc(S(=O)(=O)N2CCN(c3cccc([N+](=O)[O-])c3)CC2)cc1C. The van der Waals surface area contributed by atoms with Gasteiger partial charge in [-0.3, -0.25) is 10.1 Å². The van der Waals surface area contributed by atoms with Crippen LogP contribution < -0.4 is 9.64 Å². The average Bonchev–Trinajstić information content (AvgIpc) is 2.68. The van der Waals surface area contributed by atoms with E-state index in [0.717, 1.165) is 16.8 Å². The molecule has 0 unspecified atom stereocenters. The molecule has 1 saturated heterocycles. The van der Waals surface area contributed by atoms with Gasteiger partial charge in [0.2, 0.25) is 10.0 Å². The number of non-ortho nitro benzene ring substituents is 1. The van der Waals surface area contributed by atoms with E-state index in [0.29, 0.717) is 31.9 Å². The van der Waals surface area contributed by atoms with Gasteiger partial charge in [-0.15, -0.1) is 0 Å². The molecule has 8 nitrogen and oxygen atoms in total. The lowest BCUT2D eigenvalue weighted by molar-refractivity contribution is -0.384. The molecule has 9 heteroatoms. The molecule has 0 amide bonds. The van der Waals surface area contributed by atoms with Gasteiger partial charge in [0.15, 0.2) is 0 Å². The van der Waals surface area contributed by atoms with Crippen LogP contribution in [0.15, 0.2) is 41.3 Å². The van der Waals surface area contributed by atoms with Crippen LogP contribution in [-0.4, -0.2) is 50.9 Å². The van der Waals surface area contributed by atoms with Gasteiger partial charge >= 0.3 is 0 Å².